The van der Waals surface area contributed by atoms with Gasteiger partial charge in [0.1, 0.15) is 5.60 Å². The number of fused-ring (bicyclic) bond motifs is 3. The summed E-state index contributed by atoms with van der Waals surface area (Å²) in [5, 5.41) is 0. The minimum atomic E-state index is -0.156. The topological polar surface area (TPSA) is 38.8 Å². The van der Waals surface area contributed by atoms with E-state index in [0.29, 0.717) is 30.5 Å². The molecule has 0 amide bonds. The smallest absolute Gasteiger partial charge is 0.306 e. The van der Waals surface area contributed by atoms with Gasteiger partial charge in [-0.25, -0.2) is 0 Å². The Labute approximate surface area is 108 Å². The highest BCUT2D eigenvalue weighted by atomic mass is 16.6. The summed E-state index contributed by atoms with van der Waals surface area (Å²) in [7, 11) is 1.80. The maximum absolute atomic E-state index is 11.7. The molecule has 0 N–H and O–H groups in total. The molecule has 3 heterocycles. The molecule has 0 aromatic carbocycles. The summed E-state index contributed by atoms with van der Waals surface area (Å²) in [6, 6.07) is 1.06. The summed E-state index contributed by atoms with van der Waals surface area (Å²) in [6.45, 7) is 1.11. The summed E-state index contributed by atoms with van der Waals surface area (Å²) >= 11 is 0. The van der Waals surface area contributed by atoms with Crippen LogP contribution >= 0.6 is 0 Å². The lowest BCUT2D eigenvalue weighted by molar-refractivity contribution is -0.154. The van der Waals surface area contributed by atoms with Crippen LogP contribution in [0.4, 0.5) is 0 Å². The first-order valence-electron chi connectivity index (χ1n) is 7.23. The van der Waals surface area contributed by atoms with Crippen LogP contribution in [0.5, 0.6) is 0 Å². The lowest BCUT2D eigenvalue weighted by Crippen LogP contribution is -2.52. The fraction of sp³-hybridized carbons (Fsp3) is 0.929. The van der Waals surface area contributed by atoms with Crippen molar-refractivity contribution in [3.8, 4) is 0 Å². The highest BCUT2D eigenvalue weighted by molar-refractivity contribution is 5.73. The molecule has 100 valence electrons. The summed E-state index contributed by atoms with van der Waals surface area (Å²) < 4.78 is 11.4. The molecular formula is C14H21NO3. The molecule has 18 heavy (non-hydrogen) atoms. The van der Waals surface area contributed by atoms with E-state index in [9.17, 15) is 4.79 Å². The Balaban J connectivity index is 1.69. The monoisotopic (exact) mass is 251 g/mol. The molecule has 4 aliphatic rings. The van der Waals surface area contributed by atoms with Gasteiger partial charge in [-0.15, -0.1) is 0 Å². The van der Waals surface area contributed by atoms with E-state index in [1.54, 1.807) is 7.11 Å². The number of piperidine rings is 1. The molecule has 2 bridgehead atoms. The normalized spacial score (nSPS) is 50.8. The number of esters is 1. The van der Waals surface area contributed by atoms with Crippen molar-refractivity contribution >= 4 is 5.97 Å². The van der Waals surface area contributed by atoms with Gasteiger partial charge >= 0.3 is 5.97 Å². The van der Waals surface area contributed by atoms with Gasteiger partial charge in [-0.3, -0.25) is 9.69 Å². The molecule has 0 aromatic rings. The number of carbonyl (C=O) groups excluding carboxylic acids is 1. The predicted octanol–water partition coefficient (Wildman–Crippen LogP) is 1.33. The summed E-state index contributed by atoms with van der Waals surface area (Å²) in [4.78, 5) is 14.4. The zero-order valence-electron chi connectivity index (χ0n) is 10.9. The van der Waals surface area contributed by atoms with Crippen LogP contribution in [-0.2, 0) is 14.3 Å². The fourth-order valence-corrected chi connectivity index (χ4v) is 4.97. The molecule has 5 unspecified atom stereocenters. The Morgan fingerprint density at radius 3 is 3.11 bits per heavy atom. The molecule has 1 aliphatic carbocycles. The van der Waals surface area contributed by atoms with E-state index >= 15 is 0 Å². The lowest BCUT2D eigenvalue weighted by Gasteiger charge is -2.41. The van der Waals surface area contributed by atoms with Gasteiger partial charge < -0.3 is 9.47 Å². The van der Waals surface area contributed by atoms with Crippen molar-refractivity contribution in [2.75, 3.05) is 13.7 Å². The van der Waals surface area contributed by atoms with E-state index in [1.807, 2.05) is 0 Å². The van der Waals surface area contributed by atoms with Crippen LogP contribution in [0.1, 0.15) is 38.5 Å². The lowest BCUT2D eigenvalue weighted by atomic mass is 9.72. The van der Waals surface area contributed by atoms with Crippen LogP contribution in [0, 0.1) is 5.92 Å². The first kappa shape index (κ1) is 11.2. The largest absolute Gasteiger partial charge is 0.457 e. The molecule has 3 saturated heterocycles. The average molecular weight is 251 g/mol. The SMILES string of the molecule is COC1CCN2C3CCC4CC(=O)OC4(C3)C2C1. The number of rotatable bonds is 1. The molecule has 5 atom stereocenters. The van der Waals surface area contributed by atoms with E-state index in [1.165, 1.54) is 12.8 Å². The van der Waals surface area contributed by atoms with Crippen LogP contribution in [0.3, 0.4) is 0 Å². The second-order valence-electron chi connectivity index (χ2n) is 6.40. The average Bonchev–Trinajstić information content (AvgIpc) is 2.85. The van der Waals surface area contributed by atoms with Gasteiger partial charge in [-0.05, 0) is 25.7 Å². The first-order valence-corrected chi connectivity index (χ1v) is 7.23. The van der Waals surface area contributed by atoms with Gasteiger partial charge in [0.2, 0.25) is 0 Å². The van der Waals surface area contributed by atoms with E-state index in [-0.39, 0.29) is 11.6 Å². The first-order chi connectivity index (χ1) is 8.73. The van der Waals surface area contributed by atoms with Crippen LogP contribution in [0.25, 0.3) is 0 Å². The Hall–Kier alpha value is -0.610. The fourth-order valence-electron chi connectivity index (χ4n) is 4.97. The standard InChI is InChI=1S/C14H21NO3/c1-17-11-4-5-15-10-3-2-9-6-13(16)18-14(9,8-10)12(15)7-11/h9-12H,2-8H2,1H3. The number of ether oxygens (including phenoxy) is 2. The van der Waals surface area contributed by atoms with Crippen LogP contribution in [0.2, 0.25) is 0 Å². The summed E-state index contributed by atoms with van der Waals surface area (Å²) in [6.07, 6.45) is 6.65. The van der Waals surface area contributed by atoms with Gasteiger partial charge in [-0.1, -0.05) is 0 Å². The van der Waals surface area contributed by atoms with Crippen molar-refractivity contribution in [3.63, 3.8) is 0 Å². The quantitative estimate of drug-likeness (QED) is 0.659. The Morgan fingerprint density at radius 2 is 2.28 bits per heavy atom. The van der Waals surface area contributed by atoms with E-state index < -0.39 is 0 Å². The van der Waals surface area contributed by atoms with Crippen molar-refractivity contribution in [1.29, 1.82) is 0 Å². The Morgan fingerprint density at radius 1 is 1.39 bits per heavy atom. The van der Waals surface area contributed by atoms with Gasteiger partial charge in [-0.2, -0.15) is 0 Å². The third-order valence-electron chi connectivity index (χ3n) is 5.77. The molecule has 0 radical (unpaired) electrons. The second kappa shape index (κ2) is 3.70. The van der Waals surface area contributed by atoms with Crippen LogP contribution in [-0.4, -0.2) is 48.3 Å². The van der Waals surface area contributed by atoms with Crippen molar-refractivity contribution in [2.24, 2.45) is 5.92 Å². The van der Waals surface area contributed by atoms with Crippen molar-refractivity contribution in [3.05, 3.63) is 0 Å². The van der Waals surface area contributed by atoms with Crippen LogP contribution in [0.15, 0.2) is 0 Å². The number of hydrogen-bond donors (Lipinski definition) is 0. The van der Waals surface area contributed by atoms with E-state index in [4.69, 9.17) is 9.47 Å². The number of nitrogens with zero attached hydrogens (tertiary/aromatic N) is 1. The predicted molar refractivity (Wildman–Crippen MR) is 65.1 cm³/mol. The molecule has 4 fully saturated rings. The van der Waals surface area contributed by atoms with Crippen molar-refractivity contribution in [2.45, 2.75) is 62.3 Å². The minimum absolute atomic E-state index is 0.0297. The molecular weight excluding hydrogens is 230 g/mol. The van der Waals surface area contributed by atoms with Gasteiger partial charge in [0.05, 0.1) is 18.6 Å². The second-order valence-corrected chi connectivity index (χ2v) is 6.40. The zero-order chi connectivity index (χ0) is 12.3. The van der Waals surface area contributed by atoms with Gasteiger partial charge in [0.25, 0.3) is 0 Å². The summed E-state index contributed by atoms with van der Waals surface area (Å²) in [5.41, 5.74) is -0.156. The van der Waals surface area contributed by atoms with Crippen LogP contribution < -0.4 is 0 Å². The zero-order valence-corrected chi connectivity index (χ0v) is 10.9. The molecule has 1 spiro atoms. The molecule has 0 aromatic heterocycles. The number of hydrogen-bond acceptors (Lipinski definition) is 4. The van der Waals surface area contributed by atoms with E-state index in [0.717, 1.165) is 25.8 Å². The maximum atomic E-state index is 11.7. The molecule has 3 aliphatic heterocycles. The maximum Gasteiger partial charge on any atom is 0.306 e. The summed E-state index contributed by atoms with van der Waals surface area (Å²) in [5.74, 6) is 0.494. The molecule has 4 nitrogen and oxygen atoms in total. The third-order valence-corrected chi connectivity index (χ3v) is 5.77. The highest BCUT2D eigenvalue weighted by Gasteiger charge is 2.65. The number of methoxy groups -OCH3 is 1. The minimum Gasteiger partial charge on any atom is -0.457 e. The number of carbonyl (C=O) groups is 1. The molecule has 1 saturated carbocycles. The van der Waals surface area contributed by atoms with Gasteiger partial charge in [0, 0.05) is 32.0 Å². The highest BCUT2D eigenvalue weighted by Crippen LogP contribution is 2.55. The molecule has 4 heteroatoms. The van der Waals surface area contributed by atoms with E-state index in [2.05, 4.69) is 4.90 Å². The Bertz CT molecular complexity index is 385. The van der Waals surface area contributed by atoms with Crippen molar-refractivity contribution < 1.29 is 14.3 Å². The van der Waals surface area contributed by atoms with Crippen molar-refractivity contribution in [1.82, 2.24) is 4.90 Å². The van der Waals surface area contributed by atoms with Gasteiger partial charge in [0.15, 0.2) is 0 Å². The Kier molecular flexibility index (Phi) is 2.31. The molecule has 4 rings (SSSR count). The third kappa shape index (κ3) is 1.31.